The van der Waals surface area contributed by atoms with Crippen molar-refractivity contribution in [1.29, 1.82) is 5.26 Å². The zero-order valence-corrected chi connectivity index (χ0v) is 11.9. The predicted molar refractivity (Wildman–Crippen MR) is 70.4 cm³/mol. The SMILES string of the molecule is CCCC(C#N)(CCC)C(=O)NC(C)(C)CC. The van der Waals surface area contributed by atoms with Gasteiger partial charge in [-0.2, -0.15) is 5.26 Å². The molecule has 0 aromatic carbocycles. The van der Waals surface area contributed by atoms with Crippen LogP contribution < -0.4 is 5.32 Å². The Kier molecular flexibility index (Phi) is 6.23. The highest BCUT2D eigenvalue weighted by atomic mass is 16.2. The Morgan fingerprint density at radius 2 is 1.65 bits per heavy atom. The minimum atomic E-state index is -0.837. The lowest BCUT2D eigenvalue weighted by molar-refractivity contribution is -0.130. The van der Waals surface area contributed by atoms with Crippen LogP contribution in [0.25, 0.3) is 0 Å². The smallest absolute Gasteiger partial charge is 0.240 e. The number of nitrogens with zero attached hydrogens (tertiary/aromatic N) is 1. The normalized spacial score (nSPS) is 12.0. The van der Waals surface area contributed by atoms with Crippen molar-refractivity contribution in [3.63, 3.8) is 0 Å². The van der Waals surface area contributed by atoms with E-state index in [0.717, 1.165) is 19.3 Å². The number of nitrogens with one attached hydrogen (secondary N) is 1. The molecule has 98 valence electrons. The molecule has 3 nitrogen and oxygen atoms in total. The van der Waals surface area contributed by atoms with Gasteiger partial charge in [-0.25, -0.2) is 0 Å². The van der Waals surface area contributed by atoms with E-state index < -0.39 is 5.41 Å². The lowest BCUT2D eigenvalue weighted by atomic mass is 9.79. The van der Waals surface area contributed by atoms with E-state index in [1.807, 2.05) is 34.6 Å². The number of nitriles is 1. The number of rotatable bonds is 7. The van der Waals surface area contributed by atoms with Gasteiger partial charge in [0.25, 0.3) is 0 Å². The van der Waals surface area contributed by atoms with Crippen molar-refractivity contribution in [2.75, 3.05) is 0 Å². The van der Waals surface area contributed by atoms with Crippen LogP contribution in [-0.2, 0) is 4.79 Å². The molecule has 0 radical (unpaired) electrons. The van der Waals surface area contributed by atoms with Gasteiger partial charge in [-0.15, -0.1) is 0 Å². The minimum Gasteiger partial charge on any atom is -0.350 e. The molecule has 0 aromatic rings. The highest BCUT2D eigenvalue weighted by Gasteiger charge is 2.38. The second-order valence-electron chi connectivity index (χ2n) is 5.39. The summed E-state index contributed by atoms with van der Waals surface area (Å²) in [4.78, 5) is 12.3. The van der Waals surface area contributed by atoms with E-state index in [1.54, 1.807) is 0 Å². The van der Waals surface area contributed by atoms with E-state index in [9.17, 15) is 10.1 Å². The van der Waals surface area contributed by atoms with E-state index in [2.05, 4.69) is 11.4 Å². The molecule has 3 heteroatoms. The quantitative estimate of drug-likeness (QED) is 0.739. The highest BCUT2D eigenvalue weighted by Crippen LogP contribution is 2.30. The summed E-state index contributed by atoms with van der Waals surface area (Å²) >= 11 is 0. The molecule has 0 unspecified atom stereocenters. The van der Waals surface area contributed by atoms with Crippen LogP contribution >= 0.6 is 0 Å². The first-order valence-electron chi connectivity index (χ1n) is 6.61. The lowest BCUT2D eigenvalue weighted by Gasteiger charge is -2.31. The van der Waals surface area contributed by atoms with Gasteiger partial charge in [0, 0.05) is 5.54 Å². The average molecular weight is 238 g/mol. The van der Waals surface area contributed by atoms with E-state index in [1.165, 1.54) is 0 Å². The monoisotopic (exact) mass is 238 g/mol. The Morgan fingerprint density at radius 1 is 1.18 bits per heavy atom. The van der Waals surface area contributed by atoms with E-state index in [0.29, 0.717) is 12.8 Å². The molecule has 0 atom stereocenters. The Labute approximate surface area is 106 Å². The Balaban J connectivity index is 4.94. The van der Waals surface area contributed by atoms with Gasteiger partial charge < -0.3 is 5.32 Å². The third kappa shape index (κ3) is 4.38. The van der Waals surface area contributed by atoms with Gasteiger partial charge in [-0.3, -0.25) is 4.79 Å². The fourth-order valence-electron chi connectivity index (χ4n) is 1.88. The molecule has 0 saturated carbocycles. The van der Waals surface area contributed by atoms with E-state index in [-0.39, 0.29) is 11.4 Å². The van der Waals surface area contributed by atoms with Crippen LogP contribution in [0.2, 0.25) is 0 Å². The van der Waals surface area contributed by atoms with Crippen molar-refractivity contribution in [1.82, 2.24) is 5.32 Å². The van der Waals surface area contributed by atoms with Gasteiger partial charge in [-0.1, -0.05) is 33.6 Å². The average Bonchev–Trinajstić information content (AvgIpc) is 2.28. The third-order valence-corrected chi connectivity index (χ3v) is 3.34. The molecule has 1 amide bonds. The van der Waals surface area contributed by atoms with E-state index >= 15 is 0 Å². The van der Waals surface area contributed by atoms with Crippen LogP contribution in [0.15, 0.2) is 0 Å². The first kappa shape index (κ1) is 16.0. The van der Waals surface area contributed by atoms with Gasteiger partial charge in [0.15, 0.2) is 0 Å². The summed E-state index contributed by atoms with van der Waals surface area (Å²) in [6.07, 6.45) is 3.85. The third-order valence-electron chi connectivity index (χ3n) is 3.34. The molecule has 0 spiro atoms. The number of amides is 1. The Hall–Kier alpha value is -1.04. The fourth-order valence-corrected chi connectivity index (χ4v) is 1.88. The molecular weight excluding hydrogens is 212 g/mol. The lowest BCUT2D eigenvalue weighted by Crippen LogP contribution is -2.50. The molecule has 0 heterocycles. The first-order valence-corrected chi connectivity index (χ1v) is 6.61. The standard InChI is InChI=1S/C14H26N2O/c1-6-9-14(11-15,10-7-2)12(17)16-13(4,5)8-3/h6-10H2,1-5H3,(H,16,17). The summed E-state index contributed by atoms with van der Waals surface area (Å²) in [5.41, 5.74) is -1.07. The van der Waals surface area contributed by atoms with Crippen molar-refractivity contribution < 1.29 is 4.79 Å². The number of hydrogen-bond acceptors (Lipinski definition) is 2. The maximum Gasteiger partial charge on any atom is 0.240 e. The molecule has 0 bridgehead atoms. The summed E-state index contributed by atoms with van der Waals surface area (Å²) in [6.45, 7) is 10.0. The second kappa shape index (κ2) is 6.64. The molecule has 0 aliphatic rings. The van der Waals surface area contributed by atoms with Crippen LogP contribution in [0.1, 0.15) is 66.7 Å². The molecule has 0 aliphatic heterocycles. The van der Waals surface area contributed by atoms with Crippen molar-refractivity contribution in [2.45, 2.75) is 72.3 Å². The van der Waals surface area contributed by atoms with Gasteiger partial charge in [0.2, 0.25) is 5.91 Å². The molecule has 0 aromatic heterocycles. The number of hydrogen-bond donors (Lipinski definition) is 1. The Morgan fingerprint density at radius 3 is 1.94 bits per heavy atom. The first-order chi connectivity index (χ1) is 7.87. The molecule has 17 heavy (non-hydrogen) atoms. The molecule has 0 saturated heterocycles. The van der Waals surface area contributed by atoms with Gasteiger partial charge in [0.05, 0.1) is 6.07 Å². The van der Waals surface area contributed by atoms with Crippen LogP contribution in [0.5, 0.6) is 0 Å². The van der Waals surface area contributed by atoms with Gasteiger partial charge in [0.1, 0.15) is 5.41 Å². The van der Waals surface area contributed by atoms with Crippen LogP contribution in [-0.4, -0.2) is 11.4 Å². The van der Waals surface area contributed by atoms with Gasteiger partial charge in [-0.05, 0) is 33.1 Å². The molecule has 0 rings (SSSR count). The number of carbonyl (C=O) groups excluding carboxylic acids is 1. The predicted octanol–water partition coefficient (Wildman–Crippen LogP) is 3.40. The van der Waals surface area contributed by atoms with Crippen molar-refractivity contribution in [3.05, 3.63) is 0 Å². The van der Waals surface area contributed by atoms with Gasteiger partial charge >= 0.3 is 0 Å². The molecule has 0 fully saturated rings. The van der Waals surface area contributed by atoms with E-state index in [4.69, 9.17) is 0 Å². The summed E-state index contributed by atoms with van der Waals surface area (Å²) in [5.74, 6) is -0.101. The van der Waals surface area contributed by atoms with Crippen LogP contribution in [0.4, 0.5) is 0 Å². The maximum atomic E-state index is 12.3. The summed E-state index contributed by atoms with van der Waals surface area (Å²) in [5, 5.41) is 12.4. The fraction of sp³-hybridized carbons (Fsp3) is 0.857. The van der Waals surface area contributed by atoms with Crippen molar-refractivity contribution >= 4 is 5.91 Å². The van der Waals surface area contributed by atoms with Crippen LogP contribution in [0.3, 0.4) is 0 Å². The zero-order chi connectivity index (χ0) is 13.5. The summed E-state index contributed by atoms with van der Waals surface area (Å²) < 4.78 is 0. The Bertz CT molecular complexity index is 283. The second-order valence-corrected chi connectivity index (χ2v) is 5.39. The van der Waals surface area contributed by atoms with Crippen molar-refractivity contribution in [3.8, 4) is 6.07 Å². The maximum absolute atomic E-state index is 12.3. The highest BCUT2D eigenvalue weighted by molar-refractivity contribution is 5.85. The topological polar surface area (TPSA) is 52.9 Å². The zero-order valence-electron chi connectivity index (χ0n) is 11.9. The summed E-state index contributed by atoms with van der Waals surface area (Å²) in [7, 11) is 0. The molecular formula is C14H26N2O. The number of carbonyl (C=O) groups is 1. The molecule has 0 aliphatic carbocycles. The summed E-state index contributed by atoms with van der Waals surface area (Å²) in [6, 6.07) is 2.25. The minimum absolute atomic E-state index is 0.101. The van der Waals surface area contributed by atoms with Crippen LogP contribution in [0, 0.1) is 16.7 Å². The van der Waals surface area contributed by atoms with Crippen molar-refractivity contribution in [2.24, 2.45) is 5.41 Å². The largest absolute Gasteiger partial charge is 0.350 e. The molecule has 1 N–H and O–H groups in total.